The highest BCUT2D eigenvalue weighted by Gasteiger charge is 2.27. The normalized spacial score (nSPS) is 18.8. The van der Waals surface area contributed by atoms with Crippen molar-refractivity contribution in [1.82, 2.24) is 4.90 Å². The molecule has 0 aromatic heterocycles. The zero-order chi connectivity index (χ0) is 14.7. The SMILES string of the molecule is COc1cc(N)c(C(=O)N2CCOCC2C)cc1OC. The van der Waals surface area contributed by atoms with Crippen LogP contribution in [0.15, 0.2) is 12.1 Å². The van der Waals surface area contributed by atoms with Gasteiger partial charge in [-0.1, -0.05) is 0 Å². The summed E-state index contributed by atoms with van der Waals surface area (Å²) < 4.78 is 15.7. The van der Waals surface area contributed by atoms with E-state index in [4.69, 9.17) is 19.9 Å². The third kappa shape index (κ3) is 2.65. The molecule has 1 unspecified atom stereocenters. The lowest BCUT2D eigenvalue weighted by atomic mass is 10.1. The fourth-order valence-electron chi connectivity index (χ4n) is 2.26. The zero-order valence-corrected chi connectivity index (χ0v) is 12.0. The lowest BCUT2D eigenvalue weighted by molar-refractivity contribution is 0.00363. The summed E-state index contributed by atoms with van der Waals surface area (Å²) in [4.78, 5) is 14.4. The smallest absolute Gasteiger partial charge is 0.256 e. The van der Waals surface area contributed by atoms with Crippen molar-refractivity contribution in [1.29, 1.82) is 0 Å². The van der Waals surface area contributed by atoms with Gasteiger partial charge < -0.3 is 24.8 Å². The summed E-state index contributed by atoms with van der Waals surface area (Å²) in [6.45, 7) is 3.60. The van der Waals surface area contributed by atoms with Crippen LogP contribution >= 0.6 is 0 Å². The minimum absolute atomic E-state index is 0.0312. The number of amides is 1. The quantitative estimate of drug-likeness (QED) is 0.841. The van der Waals surface area contributed by atoms with Gasteiger partial charge in [-0.2, -0.15) is 0 Å². The lowest BCUT2D eigenvalue weighted by Crippen LogP contribution is -2.47. The van der Waals surface area contributed by atoms with Gasteiger partial charge in [0.15, 0.2) is 11.5 Å². The Balaban J connectivity index is 2.34. The van der Waals surface area contributed by atoms with E-state index in [-0.39, 0.29) is 11.9 Å². The number of benzene rings is 1. The van der Waals surface area contributed by atoms with E-state index in [2.05, 4.69) is 0 Å². The topological polar surface area (TPSA) is 74.0 Å². The molecule has 0 saturated carbocycles. The van der Waals surface area contributed by atoms with Crippen LogP contribution in [0.25, 0.3) is 0 Å². The maximum absolute atomic E-state index is 12.6. The van der Waals surface area contributed by atoms with Gasteiger partial charge in [0.1, 0.15) is 0 Å². The second kappa shape index (κ2) is 6.00. The number of hydrogen-bond donors (Lipinski definition) is 1. The molecule has 6 heteroatoms. The molecular weight excluding hydrogens is 260 g/mol. The number of methoxy groups -OCH3 is 2. The Morgan fingerprint density at radius 3 is 2.60 bits per heavy atom. The number of nitrogens with two attached hydrogens (primary N) is 1. The zero-order valence-electron chi connectivity index (χ0n) is 12.0. The molecule has 1 heterocycles. The van der Waals surface area contributed by atoms with Crippen molar-refractivity contribution < 1.29 is 19.0 Å². The molecule has 1 saturated heterocycles. The summed E-state index contributed by atoms with van der Waals surface area (Å²) in [5, 5.41) is 0. The molecule has 6 nitrogen and oxygen atoms in total. The van der Waals surface area contributed by atoms with E-state index in [1.54, 1.807) is 17.0 Å². The Kier molecular flexibility index (Phi) is 4.34. The molecule has 0 spiro atoms. The molecule has 1 amide bonds. The van der Waals surface area contributed by atoms with E-state index in [0.29, 0.717) is 42.5 Å². The Bertz CT molecular complexity index is 504. The molecule has 1 aliphatic heterocycles. The highest BCUT2D eigenvalue weighted by Crippen LogP contribution is 2.32. The van der Waals surface area contributed by atoms with E-state index < -0.39 is 0 Å². The number of nitrogens with zero attached hydrogens (tertiary/aromatic N) is 1. The van der Waals surface area contributed by atoms with E-state index in [9.17, 15) is 4.79 Å². The number of hydrogen-bond acceptors (Lipinski definition) is 5. The summed E-state index contributed by atoms with van der Waals surface area (Å²) in [6, 6.07) is 3.26. The second-order valence-corrected chi connectivity index (χ2v) is 4.72. The van der Waals surface area contributed by atoms with Crippen molar-refractivity contribution >= 4 is 11.6 Å². The number of ether oxygens (including phenoxy) is 3. The standard InChI is InChI=1S/C14H20N2O4/c1-9-8-20-5-4-16(9)14(17)10-6-12(18-2)13(19-3)7-11(10)15/h6-7,9H,4-5,8,15H2,1-3H3. The Morgan fingerprint density at radius 2 is 2.00 bits per heavy atom. The molecule has 0 radical (unpaired) electrons. The number of carbonyl (C=O) groups excluding carboxylic acids is 1. The number of nitrogen functional groups attached to an aromatic ring is 1. The first-order chi connectivity index (χ1) is 9.58. The average molecular weight is 280 g/mol. The van der Waals surface area contributed by atoms with Gasteiger partial charge >= 0.3 is 0 Å². The fraction of sp³-hybridized carbons (Fsp3) is 0.500. The van der Waals surface area contributed by atoms with Crippen LogP contribution in [0.5, 0.6) is 11.5 Å². The largest absolute Gasteiger partial charge is 0.493 e. The van der Waals surface area contributed by atoms with Crippen LogP contribution in [-0.4, -0.2) is 50.8 Å². The lowest BCUT2D eigenvalue weighted by Gasteiger charge is -2.33. The molecule has 0 bridgehead atoms. The summed E-state index contributed by atoms with van der Waals surface area (Å²) >= 11 is 0. The molecule has 1 fully saturated rings. The number of carbonyl (C=O) groups is 1. The molecule has 1 aromatic carbocycles. The van der Waals surface area contributed by atoms with Gasteiger partial charge in [0.2, 0.25) is 0 Å². The number of anilines is 1. The third-order valence-electron chi connectivity index (χ3n) is 3.41. The van der Waals surface area contributed by atoms with E-state index in [0.717, 1.165) is 0 Å². The van der Waals surface area contributed by atoms with Crippen LogP contribution in [0.4, 0.5) is 5.69 Å². The van der Waals surface area contributed by atoms with Gasteiger partial charge in [-0.3, -0.25) is 4.79 Å². The van der Waals surface area contributed by atoms with E-state index in [1.807, 2.05) is 6.92 Å². The Morgan fingerprint density at radius 1 is 1.35 bits per heavy atom. The van der Waals surface area contributed by atoms with Crippen molar-refractivity contribution in [2.75, 3.05) is 39.7 Å². The Hall–Kier alpha value is -1.95. The van der Waals surface area contributed by atoms with Gasteiger partial charge in [0, 0.05) is 18.3 Å². The third-order valence-corrected chi connectivity index (χ3v) is 3.41. The van der Waals surface area contributed by atoms with Crippen molar-refractivity contribution in [2.24, 2.45) is 0 Å². The fourth-order valence-corrected chi connectivity index (χ4v) is 2.26. The monoisotopic (exact) mass is 280 g/mol. The van der Waals surface area contributed by atoms with Crippen LogP contribution in [0.1, 0.15) is 17.3 Å². The first-order valence-electron chi connectivity index (χ1n) is 6.48. The minimum Gasteiger partial charge on any atom is -0.493 e. The summed E-state index contributed by atoms with van der Waals surface area (Å²) in [5.74, 6) is 0.891. The Labute approximate surface area is 118 Å². The molecule has 110 valence electrons. The predicted octanol–water partition coefficient (Wildman–Crippen LogP) is 1.15. The second-order valence-electron chi connectivity index (χ2n) is 4.72. The van der Waals surface area contributed by atoms with Gasteiger partial charge in [-0.15, -0.1) is 0 Å². The van der Waals surface area contributed by atoms with E-state index >= 15 is 0 Å². The van der Waals surface area contributed by atoms with Crippen LogP contribution in [0.3, 0.4) is 0 Å². The summed E-state index contributed by atoms with van der Waals surface area (Å²) in [5.41, 5.74) is 6.77. The first kappa shape index (κ1) is 14.5. The molecule has 1 aromatic rings. The highest BCUT2D eigenvalue weighted by atomic mass is 16.5. The van der Waals surface area contributed by atoms with Crippen LogP contribution in [0, 0.1) is 0 Å². The average Bonchev–Trinajstić information content (AvgIpc) is 2.46. The van der Waals surface area contributed by atoms with Gasteiger partial charge in [0.05, 0.1) is 39.0 Å². The van der Waals surface area contributed by atoms with Crippen molar-refractivity contribution in [3.05, 3.63) is 17.7 Å². The number of morpholine rings is 1. The summed E-state index contributed by atoms with van der Waals surface area (Å²) in [7, 11) is 3.06. The molecule has 1 atom stereocenters. The molecule has 20 heavy (non-hydrogen) atoms. The summed E-state index contributed by atoms with van der Waals surface area (Å²) in [6.07, 6.45) is 0. The van der Waals surface area contributed by atoms with Crippen molar-refractivity contribution in [3.8, 4) is 11.5 Å². The van der Waals surface area contributed by atoms with Gasteiger partial charge in [-0.25, -0.2) is 0 Å². The maximum atomic E-state index is 12.6. The van der Waals surface area contributed by atoms with Crippen LogP contribution in [-0.2, 0) is 4.74 Å². The van der Waals surface area contributed by atoms with Crippen molar-refractivity contribution in [2.45, 2.75) is 13.0 Å². The van der Waals surface area contributed by atoms with Gasteiger partial charge in [-0.05, 0) is 13.0 Å². The minimum atomic E-state index is -0.112. The molecule has 2 rings (SSSR count). The first-order valence-corrected chi connectivity index (χ1v) is 6.48. The highest BCUT2D eigenvalue weighted by molar-refractivity contribution is 6.00. The number of rotatable bonds is 3. The van der Waals surface area contributed by atoms with Gasteiger partial charge in [0.25, 0.3) is 5.91 Å². The molecule has 0 aliphatic carbocycles. The predicted molar refractivity (Wildman–Crippen MR) is 75.3 cm³/mol. The van der Waals surface area contributed by atoms with E-state index in [1.165, 1.54) is 14.2 Å². The van der Waals surface area contributed by atoms with Crippen LogP contribution < -0.4 is 15.2 Å². The molecule has 2 N–H and O–H groups in total. The maximum Gasteiger partial charge on any atom is 0.256 e. The molecule has 1 aliphatic rings. The molecular formula is C14H20N2O4. The van der Waals surface area contributed by atoms with Crippen molar-refractivity contribution in [3.63, 3.8) is 0 Å². The van der Waals surface area contributed by atoms with Crippen LogP contribution in [0.2, 0.25) is 0 Å².